The van der Waals surface area contributed by atoms with Crippen molar-refractivity contribution in [3.05, 3.63) is 35.6 Å². The number of carbonyl (C=O) groups is 1. The molecule has 2 fully saturated rings. The van der Waals surface area contributed by atoms with Crippen molar-refractivity contribution in [3.63, 3.8) is 0 Å². The Morgan fingerprint density at radius 2 is 1.81 bits per heavy atom. The third kappa shape index (κ3) is 2.55. The summed E-state index contributed by atoms with van der Waals surface area (Å²) < 4.78 is 34.3. The first kappa shape index (κ1) is 14.5. The van der Waals surface area contributed by atoms with E-state index in [9.17, 15) is 17.6 Å². The van der Waals surface area contributed by atoms with Gasteiger partial charge in [-0.15, -0.1) is 0 Å². The molecule has 0 spiro atoms. The summed E-state index contributed by atoms with van der Waals surface area (Å²) in [4.78, 5) is 12.0. The summed E-state index contributed by atoms with van der Waals surface area (Å²) in [6.45, 7) is 0. The Balaban J connectivity index is 1.56. The topological polar surface area (TPSA) is 89.3 Å². The first-order valence-electron chi connectivity index (χ1n) is 6.91. The van der Waals surface area contributed by atoms with Gasteiger partial charge in [0.2, 0.25) is 15.9 Å². The molecule has 1 amide bonds. The SMILES string of the molecule is NS(=O)(=O)C1(C(=O)NC2CC(c3ccc(F)cc3)C2)CC1. The number of halogens is 1. The molecule has 0 unspecified atom stereocenters. The van der Waals surface area contributed by atoms with Crippen LogP contribution in [0.5, 0.6) is 0 Å². The van der Waals surface area contributed by atoms with Crippen LogP contribution >= 0.6 is 0 Å². The van der Waals surface area contributed by atoms with E-state index in [1.807, 2.05) is 0 Å². The molecule has 0 bridgehead atoms. The van der Waals surface area contributed by atoms with E-state index < -0.39 is 20.7 Å². The van der Waals surface area contributed by atoms with Crippen LogP contribution < -0.4 is 10.5 Å². The highest BCUT2D eigenvalue weighted by molar-refractivity contribution is 7.91. The molecule has 0 radical (unpaired) electrons. The molecule has 0 saturated heterocycles. The van der Waals surface area contributed by atoms with E-state index in [4.69, 9.17) is 5.14 Å². The van der Waals surface area contributed by atoms with Crippen molar-refractivity contribution in [1.29, 1.82) is 0 Å². The number of primary sulfonamides is 1. The number of benzene rings is 1. The van der Waals surface area contributed by atoms with Gasteiger partial charge in [0.05, 0.1) is 0 Å². The largest absolute Gasteiger partial charge is 0.352 e. The van der Waals surface area contributed by atoms with Gasteiger partial charge in [-0.1, -0.05) is 12.1 Å². The number of amides is 1. The Labute approximate surface area is 122 Å². The summed E-state index contributed by atoms with van der Waals surface area (Å²) in [7, 11) is -3.84. The van der Waals surface area contributed by atoms with Gasteiger partial charge in [0.15, 0.2) is 4.75 Å². The number of hydrogen-bond acceptors (Lipinski definition) is 3. The normalized spacial score (nSPS) is 26.8. The molecule has 3 N–H and O–H groups in total. The summed E-state index contributed by atoms with van der Waals surface area (Å²) >= 11 is 0. The summed E-state index contributed by atoms with van der Waals surface area (Å²) in [5.41, 5.74) is 1.04. The maximum atomic E-state index is 12.8. The number of nitrogens with two attached hydrogens (primary N) is 1. The fraction of sp³-hybridized carbons (Fsp3) is 0.500. The Morgan fingerprint density at radius 1 is 1.24 bits per heavy atom. The van der Waals surface area contributed by atoms with Gasteiger partial charge >= 0.3 is 0 Å². The van der Waals surface area contributed by atoms with Crippen LogP contribution in [0.3, 0.4) is 0 Å². The minimum absolute atomic E-state index is 0.0354. The zero-order valence-corrected chi connectivity index (χ0v) is 12.2. The van der Waals surface area contributed by atoms with Crippen LogP contribution in [-0.4, -0.2) is 25.1 Å². The zero-order valence-electron chi connectivity index (χ0n) is 11.4. The highest BCUT2D eigenvalue weighted by Gasteiger charge is 2.60. The first-order chi connectivity index (χ1) is 9.82. The predicted molar refractivity (Wildman–Crippen MR) is 75.4 cm³/mol. The zero-order chi connectivity index (χ0) is 15.3. The lowest BCUT2D eigenvalue weighted by Gasteiger charge is -2.36. The first-order valence-corrected chi connectivity index (χ1v) is 8.45. The predicted octanol–water partition coefficient (Wildman–Crippen LogP) is 1.01. The Hall–Kier alpha value is -1.47. The van der Waals surface area contributed by atoms with Crippen molar-refractivity contribution in [2.45, 2.75) is 42.4 Å². The molecule has 0 aromatic heterocycles. The van der Waals surface area contributed by atoms with E-state index in [1.165, 1.54) is 12.1 Å². The average molecular weight is 312 g/mol. The molecule has 0 heterocycles. The van der Waals surface area contributed by atoms with Crippen LogP contribution in [-0.2, 0) is 14.8 Å². The lowest BCUT2D eigenvalue weighted by molar-refractivity contribution is -0.122. The molecule has 1 aromatic rings. The monoisotopic (exact) mass is 312 g/mol. The van der Waals surface area contributed by atoms with Crippen molar-refractivity contribution in [1.82, 2.24) is 5.32 Å². The Kier molecular flexibility index (Phi) is 3.29. The van der Waals surface area contributed by atoms with Gasteiger partial charge in [-0.2, -0.15) is 0 Å². The smallest absolute Gasteiger partial charge is 0.243 e. The fourth-order valence-electron chi connectivity index (χ4n) is 2.81. The summed E-state index contributed by atoms with van der Waals surface area (Å²) in [5, 5.41) is 7.88. The Morgan fingerprint density at radius 3 is 2.29 bits per heavy atom. The number of rotatable bonds is 4. The van der Waals surface area contributed by atoms with Crippen molar-refractivity contribution in [3.8, 4) is 0 Å². The molecule has 2 aliphatic carbocycles. The average Bonchev–Trinajstić information content (AvgIpc) is 3.15. The number of hydrogen-bond donors (Lipinski definition) is 2. The van der Waals surface area contributed by atoms with Gasteiger partial charge < -0.3 is 5.32 Å². The standard InChI is InChI=1S/C14H17FN2O3S/c15-11-3-1-9(2-4-11)10-7-12(8-10)17-13(18)14(5-6-14)21(16,19)20/h1-4,10,12H,5-8H2,(H,17,18)(H2,16,19,20). The highest BCUT2D eigenvalue weighted by Crippen LogP contribution is 2.43. The van der Waals surface area contributed by atoms with Crippen LogP contribution in [0.25, 0.3) is 0 Å². The van der Waals surface area contributed by atoms with Crippen molar-refractivity contribution in [2.24, 2.45) is 5.14 Å². The molecule has 0 aliphatic heterocycles. The molecule has 5 nitrogen and oxygen atoms in total. The number of carbonyl (C=O) groups excluding carboxylic acids is 1. The van der Waals surface area contributed by atoms with E-state index in [-0.39, 0.29) is 17.8 Å². The van der Waals surface area contributed by atoms with Crippen LogP contribution in [0.15, 0.2) is 24.3 Å². The maximum absolute atomic E-state index is 12.8. The molecule has 0 atom stereocenters. The molecule has 7 heteroatoms. The van der Waals surface area contributed by atoms with E-state index in [1.54, 1.807) is 12.1 Å². The molecule has 114 valence electrons. The second-order valence-corrected chi connectivity index (χ2v) is 7.80. The van der Waals surface area contributed by atoms with Crippen molar-refractivity contribution >= 4 is 15.9 Å². The highest BCUT2D eigenvalue weighted by atomic mass is 32.2. The van der Waals surface area contributed by atoms with Gasteiger partial charge in [0, 0.05) is 6.04 Å². The quantitative estimate of drug-likeness (QED) is 0.869. The molecule has 3 rings (SSSR count). The van der Waals surface area contributed by atoms with E-state index in [2.05, 4.69) is 5.32 Å². The van der Waals surface area contributed by atoms with Crippen LogP contribution in [0.1, 0.15) is 37.2 Å². The van der Waals surface area contributed by atoms with E-state index >= 15 is 0 Å². The molecular formula is C14H17FN2O3S. The second kappa shape index (κ2) is 4.78. The minimum Gasteiger partial charge on any atom is -0.352 e. The van der Waals surface area contributed by atoms with Crippen LogP contribution in [0, 0.1) is 5.82 Å². The Bertz CT molecular complexity index is 662. The molecule has 2 saturated carbocycles. The number of nitrogens with one attached hydrogen (secondary N) is 1. The fourth-order valence-corrected chi connectivity index (χ4v) is 3.80. The molecule has 2 aliphatic rings. The van der Waals surface area contributed by atoms with Gasteiger partial charge in [-0.25, -0.2) is 17.9 Å². The van der Waals surface area contributed by atoms with E-state index in [0.29, 0.717) is 12.8 Å². The third-order valence-corrected chi connectivity index (χ3v) is 6.16. The summed E-state index contributed by atoms with van der Waals surface area (Å²) in [5.74, 6) is -0.472. The maximum Gasteiger partial charge on any atom is 0.243 e. The number of sulfonamides is 1. The van der Waals surface area contributed by atoms with Crippen LogP contribution in [0.4, 0.5) is 4.39 Å². The van der Waals surface area contributed by atoms with Gasteiger partial charge in [-0.3, -0.25) is 4.79 Å². The molecular weight excluding hydrogens is 295 g/mol. The third-order valence-electron chi connectivity index (χ3n) is 4.48. The van der Waals surface area contributed by atoms with Crippen molar-refractivity contribution in [2.75, 3.05) is 0 Å². The summed E-state index contributed by atoms with van der Waals surface area (Å²) in [6, 6.07) is 6.28. The lowest BCUT2D eigenvalue weighted by Crippen LogP contribution is -2.51. The lowest BCUT2D eigenvalue weighted by atomic mass is 9.76. The van der Waals surface area contributed by atoms with Crippen molar-refractivity contribution < 1.29 is 17.6 Å². The second-order valence-electron chi connectivity index (χ2n) is 5.93. The van der Waals surface area contributed by atoms with Crippen LogP contribution in [0.2, 0.25) is 0 Å². The van der Waals surface area contributed by atoms with Gasteiger partial charge in [0.1, 0.15) is 5.82 Å². The van der Waals surface area contributed by atoms with E-state index in [0.717, 1.165) is 18.4 Å². The van der Waals surface area contributed by atoms with Gasteiger partial charge in [0.25, 0.3) is 0 Å². The minimum atomic E-state index is -3.84. The molecule has 21 heavy (non-hydrogen) atoms. The van der Waals surface area contributed by atoms with Gasteiger partial charge in [-0.05, 0) is 49.3 Å². The summed E-state index contributed by atoms with van der Waals surface area (Å²) in [6.07, 6.45) is 2.06. The molecule has 1 aromatic carbocycles.